The van der Waals surface area contributed by atoms with E-state index < -0.39 is 0 Å². The Morgan fingerprint density at radius 3 is 2.25 bits per heavy atom. The van der Waals surface area contributed by atoms with E-state index in [-0.39, 0.29) is 32.2 Å². The topological polar surface area (TPSA) is 34.4 Å². The van der Waals surface area contributed by atoms with Crippen molar-refractivity contribution < 1.29 is 25.2 Å². The summed E-state index contributed by atoms with van der Waals surface area (Å²) in [5.74, 6) is 0.502. The van der Waals surface area contributed by atoms with Gasteiger partial charge in [-0.1, -0.05) is 12.8 Å². The zero-order valence-electron chi connectivity index (χ0n) is 7.52. The third kappa shape index (κ3) is 3.22. The maximum atomic E-state index is 11.4. The van der Waals surface area contributed by atoms with Gasteiger partial charge in [0.05, 0.1) is 0 Å². The van der Waals surface area contributed by atoms with Crippen molar-refractivity contribution >= 4 is 5.91 Å². The first-order valence-corrected chi connectivity index (χ1v) is 4.06. The molecule has 1 fully saturated rings. The van der Waals surface area contributed by atoms with Gasteiger partial charge in [0.2, 0.25) is 5.91 Å². The van der Waals surface area contributed by atoms with E-state index in [1.807, 2.05) is 14.1 Å². The summed E-state index contributed by atoms with van der Waals surface area (Å²) in [6.45, 7) is 1.73. The van der Waals surface area contributed by atoms with E-state index in [0.717, 1.165) is 25.9 Å². The Morgan fingerprint density at radius 2 is 1.83 bits per heavy atom. The minimum Gasteiger partial charge on any atom is -0.662 e. The fourth-order valence-corrected chi connectivity index (χ4v) is 1.36. The standard InChI is InChI=1S/C8H15N2O.Pd/c1-10(2)8(11)7-3-5-9-6-4-7;/h7H,3-6H2,1-2H3;/q-1;. The van der Waals surface area contributed by atoms with Gasteiger partial charge in [-0.15, -0.1) is 13.1 Å². The average Bonchev–Trinajstić information content (AvgIpc) is 2.05. The predicted octanol–water partition coefficient (Wildman–Crippen LogP) is 0.856. The van der Waals surface area contributed by atoms with Gasteiger partial charge in [0.25, 0.3) is 0 Å². The van der Waals surface area contributed by atoms with E-state index in [0.29, 0.717) is 0 Å². The van der Waals surface area contributed by atoms with E-state index in [9.17, 15) is 4.79 Å². The van der Waals surface area contributed by atoms with Crippen molar-refractivity contribution in [2.75, 3.05) is 27.2 Å². The summed E-state index contributed by atoms with van der Waals surface area (Å²) in [4.78, 5) is 13.1. The summed E-state index contributed by atoms with van der Waals surface area (Å²) in [6, 6.07) is 0. The van der Waals surface area contributed by atoms with Crippen molar-refractivity contribution in [3.05, 3.63) is 5.32 Å². The molecule has 1 aliphatic heterocycles. The van der Waals surface area contributed by atoms with Gasteiger partial charge in [-0.05, 0) is 0 Å². The Balaban J connectivity index is 0.00000121. The molecule has 0 aromatic rings. The van der Waals surface area contributed by atoms with Gasteiger partial charge in [0.15, 0.2) is 0 Å². The maximum Gasteiger partial charge on any atom is 0.225 e. The number of hydrogen-bond donors (Lipinski definition) is 0. The molecule has 1 heterocycles. The Hall–Kier alpha value is 0.0923. The van der Waals surface area contributed by atoms with Crippen LogP contribution in [0.5, 0.6) is 0 Å². The monoisotopic (exact) mass is 261 g/mol. The van der Waals surface area contributed by atoms with Crippen LogP contribution < -0.4 is 0 Å². The molecule has 1 rings (SSSR count). The summed E-state index contributed by atoms with van der Waals surface area (Å²) in [6.07, 6.45) is 1.88. The minimum atomic E-state index is 0. The first kappa shape index (κ1) is 12.1. The van der Waals surface area contributed by atoms with Crippen molar-refractivity contribution in [2.24, 2.45) is 5.92 Å². The first-order chi connectivity index (χ1) is 5.22. The quantitative estimate of drug-likeness (QED) is 0.645. The van der Waals surface area contributed by atoms with Gasteiger partial charge in [-0.2, -0.15) is 0 Å². The van der Waals surface area contributed by atoms with E-state index in [1.165, 1.54) is 0 Å². The summed E-state index contributed by atoms with van der Waals surface area (Å²) in [5.41, 5.74) is 0. The van der Waals surface area contributed by atoms with Crippen LogP contribution in [0.1, 0.15) is 12.8 Å². The summed E-state index contributed by atoms with van der Waals surface area (Å²) in [7, 11) is 3.63. The van der Waals surface area contributed by atoms with Crippen LogP contribution in [0.2, 0.25) is 0 Å². The van der Waals surface area contributed by atoms with Crippen LogP contribution in [-0.4, -0.2) is 38.0 Å². The zero-order valence-corrected chi connectivity index (χ0v) is 9.08. The van der Waals surface area contributed by atoms with Crippen LogP contribution in [-0.2, 0) is 25.2 Å². The molecule has 0 spiro atoms. The van der Waals surface area contributed by atoms with Crippen molar-refractivity contribution in [1.82, 2.24) is 4.90 Å². The van der Waals surface area contributed by atoms with E-state index in [4.69, 9.17) is 0 Å². The molecule has 4 heteroatoms. The SMILES string of the molecule is CN(C)C(=O)C1CC[N-]CC1.[Pd]. The summed E-state index contributed by atoms with van der Waals surface area (Å²) >= 11 is 0. The number of amides is 1. The van der Waals surface area contributed by atoms with Crippen LogP contribution >= 0.6 is 0 Å². The van der Waals surface area contributed by atoms with Crippen LogP contribution in [0, 0.1) is 5.92 Å². The van der Waals surface area contributed by atoms with Gasteiger partial charge >= 0.3 is 0 Å². The number of piperidine rings is 1. The Labute approximate surface area is 87.5 Å². The average molecular weight is 262 g/mol. The molecule has 0 bridgehead atoms. The van der Waals surface area contributed by atoms with Gasteiger partial charge < -0.3 is 10.2 Å². The molecule has 1 aliphatic rings. The van der Waals surface area contributed by atoms with Crippen molar-refractivity contribution in [2.45, 2.75) is 12.8 Å². The molecule has 0 aliphatic carbocycles. The van der Waals surface area contributed by atoms with Crippen molar-refractivity contribution in [3.8, 4) is 0 Å². The van der Waals surface area contributed by atoms with Crippen LogP contribution in [0.3, 0.4) is 0 Å². The predicted molar refractivity (Wildman–Crippen MR) is 44.5 cm³/mol. The van der Waals surface area contributed by atoms with Gasteiger partial charge in [-0.3, -0.25) is 4.79 Å². The Bertz CT molecular complexity index is 144. The van der Waals surface area contributed by atoms with Crippen molar-refractivity contribution in [1.29, 1.82) is 0 Å². The molecule has 0 N–H and O–H groups in total. The third-order valence-corrected chi connectivity index (χ3v) is 2.06. The first-order valence-electron chi connectivity index (χ1n) is 4.06. The molecule has 74 valence electrons. The molecular weight excluding hydrogens is 247 g/mol. The normalized spacial score (nSPS) is 18.2. The molecule has 1 amide bonds. The molecule has 3 nitrogen and oxygen atoms in total. The number of carbonyl (C=O) groups is 1. The number of rotatable bonds is 1. The molecule has 0 aromatic heterocycles. The Morgan fingerprint density at radius 1 is 1.33 bits per heavy atom. The molecule has 0 aromatic carbocycles. The van der Waals surface area contributed by atoms with Gasteiger partial charge in [0, 0.05) is 40.4 Å². The largest absolute Gasteiger partial charge is 0.662 e. The van der Waals surface area contributed by atoms with E-state index in [2.05, 4.69) is 5.32 Å². The third-order valence-electron chi connectivity index (χ3n) is 2.06. The van der Waals surface area contributed by atoms with Crippen LogP contribution in [0.25, 0.3) is 5.32 Å². The number of hydrogen-bond acceptors (Lipinski definition) is 1. The smallest absolute Gasteiger partial charge is 0.225 e. The van der Waals surface area contributed by atoms with Gasteiger partial charge in [0.1, 0.15) is 0 Å². The number of carbonyl (C=O) groups excluding carboxylic acids is 1. The molecule has 0 unspecified atom stereocenters. The van der Waals surface area contributed by atoms with E-state index in [1.54, 1.807) is 4.90 Å². The fourth-order valence-electron chi connectivity index (χ4n) is 1.36. The second-order valence-electron chi connectivity index (χ2n) is 3.18. The molecular formula is C8H15N2OPd-. The molecule has 1 saturated heterocycles. The summed E-state index contributed by atoms with van der Waals surface area (Å²) < 4.78 is 0. The van der Waals surface area contributed by atoms with E-state index >= 15 is 0 Å². The molecule has 0 saturated carbocycles. The molecule has 0 atom stereocenters. The zero-order chi connectivity index (χ0) is 8.27. The van der Waals surface area contributed by atoms with Gasteiger partial charge in [-0.25, -0.2) is 0 Å². The van der Waals surface area contributed by atoms with Crippen molar-refractivity contribution in [3.63, 3.8) is 0 Å². The molecule has 12 heavy (non-hydrogen) atoms. The second kappa shape index (κ2) is 5.69. The minimum absolute atomic E-state index is 0. The maximum absolute atomic E-state index is 11.4. The van der Waals surface area contributed by atoms with Crippen LogP contribution in [0.4, 0.5) is 0 Å². The fraction of sp³-hybridized carbons (Fsp3) is 0.875. The molecule has 0 radical (unpaired) electrons. The van der Waals surface area contributed by atoms with Crippen LogP contribution in [0.15, 0.2) is 0 Å². The second-order valence-corrected chi connectivity index (χ2v) is 3.18. The Kier molecular flexibility index (Phi) is 5.73. The summed E-state index contributed by atoms with van der Waals surface area (Å²) in [5, 5.41) is 4.20. The number of nitrogens with zero attached hydrogens (tertiary/aromatic N) is 2.